The lowest BCUT2D eigenvalue weighted by atomic mass is 9.87. The molecule has 92 valence electrons. The lowest BCUT2D eigenvalue weighted by Crippen LogP contribution is -2.34. The van der Waals surface area contributed by atoms with Gasteiger partial charge in [-0.05, 0) is 61.9 Å². The van der Waals surface area contributed by atoms with Gasteiger partial charge in [-0.25, -0.2) is 0 Å². The third-order valence-corrected chi connectivity index (χ3v) is 3.90. The number of rotatable bonds is 2. The zero-order chi connectivity index (χ0) is 12.3. The fraction of sp³-hybridized carbons (Fsp3) is 0.500. The Kier molecular flexibility index (Phi) is 4.01. The molecule has 1 nitrogen and oxygen atoms in total. The summed E-state index contributed by atoms with van der Waals surface area (Å²) >= 11 is 0. The van der Waals surface area contributed by atoms with Crippen LogP contribution in [0.2, 0.25) is 0 Å². The molecular weight excluding hydrogens is 206 g/mol. The molecule has 0 saturated carbocycles. The van der Waals surface area contributed by atoms with Crippen LogP contribution in [0.25, 0.3) is 6.08 Å². The van der Waals surface area contributed by atoms with E-state index in [1.165, 1.54) is 23.1 Å². The van der Waals surface area contributed by atoms with Gasteiger partial charge in [0.25, 0.3) is 0 Å². The molecule has 2 rings (SSSR count). The summed E-state index contributed by atoms with van der Waals surface area (Å²) in [7, 11) is 0. The Hall–Kier alpha value is -1.08. The van der Waals surface area contributed by atoms with E-state index in [0.29, 0.717) is 0 Å². The van der Waals surface area contributed by atoms with Gasteiger partial charge in [-0.15, -0.1) is 0 Å². The number of benzene rings is 1. The summed E-state index contributed by atoms with van der Waals surface area (Å²) in [6.45, 7) is 9.04. The molecule has 2 unspecified atom stereocenters. The summed E-state index contributed by atoms with van der Waals surface area (Å²) in [5, 5.41) is 3.45. The van der Waals surface area contributed by atoms with Crippen molar-refractivity contribution in [3.63, 3.8) is 0 Å². The molecule has 1 heteroatoms. The highest BCUT2D eigenvalue weighted by atomic mass is 14.9. The summed E-state index contributed by atoms with van der Waals surface area (Å²) in [6.07, 6.45) is 6.01. The topological polar surface area (TPSA) is 12.0 Å². The maximum atomic E-state index is 3.45. The Balaban J connectivity index is 2.14. The summed E-state index contributed by atoms with van der Waals surface area (Å²) < 4.78 is 0. The maximum absolute atomic E-state index is 3.45. The van der Waals surface area contributed by atoms with E-state index < -0.39 is 0 Å². The molecule has 0 bridgehead atoms. The van der Waals surface area contributed by atoms with Gasteiger partial charge in [-0.1, -0.05) is 37.3 Å². The Morgan fingerprint density at radius 2 is 1.94 bits per heavy atom. The Labute approximate surface area is 105 Å². The van der Waals surface area contributed by atoms with Gasteiger partial charge in [0.2, 0.25) is 0 Å². The van der Waals surface area contributed by atoms with Crippen molar-refractivity contribution in [2.24, 2.45) is 11.8 Å². The maximum Gasteiger partial charge on any atom is -0.00175 e. The first-order valence-electron chi connectivity index (χ1n) is 6.63. The van der Waals surface area contributed by atoms with Crippen LogP contribution in [0.15, 0.2) is 24.3 Å². The molecule has 2 atom stereocenters. The van der Waals surface area contributed by atoms with Crippen molar-refractivity contribution in [2.45, 2.75) is 27.2 Å². The zero-order valence-electron chi connectivity index (χ0n) is 11.2. The van der Waals surface area contributed by atoms with Gasteiger partial charge in [-0.3, -0.25) is 0 Å². The monoisotopic (exact) mass is 229 g/mol. The molecule has 1 aliphatic heterocycles. The van der Waals surface area contributed by atoms with Gasteiger partial charge in [0.1, 0.15) is 0 Å². The van der Waals surface area contributed by atoms with E-state index in [1.807, 2.05) is 0 Å². The average Bonchev–Trinajstić information content (AvgIpc) is 2.30. The fourth-order valence-electron chi connectivity index (χ4n) is 2.63. The molecule has 0 aliphatic carbocycles. The summed E-state index contributed by atoms with van der Waals surface area (Å²) in [6, 6.07) is 6.52. The summed E-state index contributed by atoms with van der Waals surface area (Å²) in [4.78, 5) is 0. The molecule has 0 aromatic heterocycles. The number of aryl methyl sites for hydroxylation is 2. The van der Waals surface area contributed by atoms with E-state index in [1.54, 1.807) is 0 Å². The number of hydrogen-bond donors (Lipinski definition) is 1. The normalized spacial score (nSPS) is 25.4. The first-order valence-corrected chi connectivity index (χ1v) is 6.63. The van der Waals surface area contributed by atoms with Crippen molar-refractivity contribution >= 4 is 6.08 Å². The minimum atomic E-state index is 0.732. The van der Waals surface area contributed by atoms with Crippen LogP contribution >= 0.6 is 0 Å². The Morgan fingerprint density at radius 3 is 2.59 bits per heavy atom. The highest BCUT2D eigenvalue weighted by molar-refractivity contribution is 5.57. The van der Waals surface area contributed by atoms with Crippen LogP contribution in [-0.2, 0) is 0 Å². The van der Waals surface area contributed by atoms with Gasteiger partial charge in [-0.2, -0.15) is 0 Å². The van der Waals surface area contributed by atoms with Crippen molar-refractivity contribution in [3.8, 4) is 0 Å². The SMILES string of the molecule is Cc1cccc(C)c1C=CC1CCNCC1C. The second-order valence-electron chi connectivity index (χ2n) is 5.30. The second-order valence-corrected chi connectivity index (χ2v) is 5.30. The van der Waals surface area contributed by atoms with Crippen LogP contribution in [0.5, 0.6) is 0 Å². The fourth-order valence-corrected chi connectivity index (χ4v) is 2.63. The lowest BCUT2D eigenvalue weighted by molar-refractivity contribution is 0.326. The summed E-state index contributed by atoms with van der Waals surface area (Å²) in [5.41, 5.74) is 4.16. The molecule has 0 amide bonds. The van der Waals surface area contributed by atoms with Crippen LogP contribution in [-0.4, -0.2) is 13.1 Å². The number of piperidine rings is 1. The van der Waals surface area contributed by atoms with Crippen molar-refractivity contribution in [3.05, 3.63) is 41.0 Å². The smallest absolute Gasteiger partial charge is 0.00175 e. The standard InChI is InChI=1S/C16H23N/c1-12-5-4-6-13(2)16(12)8-7-15-9-10-17-11-14(15)3/h4-8,14-15,17H,9-11H2,1-3H3. The Morgan fingerprint density at radius 1 is 1.24 bits per heavy atom. The molecule has 0 spiro atoms. The molecule has 17 heavy (non-hydrogen) atoms. The first kappa shape index (κ1) is 12.4. The van der Waals surface area contributed by atoms with E-state index >= 15 is 0 Å². The number of hydrogen-bond acceptors (Lipinski definition) is 1. The summed E-state index contributed by atoms with van der Waals surface area (Å²) in [5.74, 6) is 1.49. The van der Waals surface area contributed by atoms with Crippen molar-refractivity contribution in [1.29, 1.82) is 0 Å². The van der Waals surface area contributed by atoms with Gasteiger partial charge >= 0.3 is 0 Å². The van der Waals surface area contributed by atoms with E-state index in [0.717, 1.165) is 24.9 Å². The molecule has 1 aromatic carbocycles. The van der Waals surface area contributed by atoms with Crippen molar-refractivity contribution in [1.82, 2.24) is 5.32 Å². The number of nitrogens with one attached hydrogen (secondary N) is 1. The zero-order valence-corrected chi connectivity index (χ0v) is 11.2. The third kappa shape index (κ3) is 2.98. The molecule has 1 aliphatic rings. The second kappa shape index (κ2) is 5.50. The van der Waals surface area contributed by atoms with Gasteiger partial charge in [0, 0.05) is 0 Å². The highest BCUT2D eigenvalue weighted by Crippen LogP contribution is 2.23. The van der Waals surface area contributed by atoms with E-state index in [4.69, 9.17) is 0 Å². The van der Waals surface area contributed by atoms with E-state index in [9.17, 15) is 0 Å². The van der Waals surface area contributed by atoms with Crippen LogP contribution in [0.1, 0.15) is 30.0 Å². The molecule has 1 fully saturated rings. The van der Waals surface area contributed by atoms with E-state index in [-0.39, 0.29) is 0 Å². The first-order chi connectivity index (χ1) is 8.18. The van der Waals surface area contributed by atoms with Crippen LogP contribution in [0.4, 0.5) is 0 Å². The van der Waals surface area contributed by atoms with Gasteiger partial charge in [0.15, 0.2) is 0 Å². The molecule has 1 heterocycles. The van der Waals surface area contributed by atoms with Crippen LogP contribution in [0, 0.1) is 25.7 Å². The van der Waals surface area contributed by atoms with Crippen LogP contribution < -0.4 is 5.32 Å². The lowest BCUT2D eigenvalue weighted by Gasteiger charge is -2.27. The molecule has 1 aromatic rings. The minimum Gasteiger partial charge on any atom is -0.316 e. The van der Waals surface area contributed by atoms with Crippen molar-refractivity contribution < 1.29 is 0 Å². The molecule has 1 saturated heterocycles. The Bertz CT molecular complexity index is 386. The largest absolute Gasteiger partial charge is 0.316 e. The highest BCUT2D eigenvalue weighted by Gasteiger charge is 2.18. The van der Waals surface area contributed by atoms with Crippen molar-refractivity contribution in [2.75, 3.05) is 13.1 Å². The quantitative estimate of drug-likeness (QED) is 0.817. The van der Waals surface area contributed by atoms with E-state index in [2.05, 4.69) is 56.4 Å². The third-order valence-electron chi connectivity index (χ3n) is 3.90. The number of allylic oxidation sites excluding steroid dienone is 1. The van der Waals surface area contributed by atoms with Crippen LogP contribution in [0.3, 0.4) is 0 Å². The molecule has 1 N–H and O–H groups in total. The average molecular weight is 229 g/mol. The van der Waals surface area contributed by atoms with Gasteiger partial charge in [0.05, 0.1) is 0 Å². The van der Waals surface area contributed by atoms with Gasteiger partial charge < -0.3 is 5.32 Å². The molecule has 0 radical (unpaired) electrons. The minimum absolute atomic E-state index is 0.732. The predicted octanol–water partition coefficient (Wildman–Crippen LogP) is 3.56. The predicted molar refractivity (Wildman–Crippen MR) is 75.1 cm³/mol. The molecular formula is C16H23N.